The molecule has 0 fully saturated rings. The maximum atomic E-state index is 3.37. The summed E-state index contributed by atoms with van der Waals surface area (Å²) >= 11 is 0. The third kappa shape index (κ3) is 7.16. The summed E-state index contributed by atoms with van der Waals surface area (Å²) in [5.74, 6) is 0. The summed E-state index contributed by atoms with van der Waals surface area (Å²) in [6.07, 6.45) is 20.6. The third-order valence-electron chi connectivity index (χ3n) is 2.41. The first-order valence-corrected chi connectivity index (χ1v) is 5.83. The fourth-order valence-corrected chi connectivity index (χ4v) is 1.52. The van der Waals surface area contributed by atoms with E-state index >= 15 is 0 Å². The summed E-state index contributed by atoms with van der Waals surface area (Å²) in [7, 11) is 0. The van der Waals surface area contributed by atoms with Crippen LogP contribution in [0.4, 0.5) is 0 Å². The molecule has 0 aromatic carbocycles. The van der Waals surface area contributed by atoms with Crippen molar-refractivity contribution in [3.8, 4) is 0 Å². The van der Waals surface area contributed by atoms with Gasteiger partial charge in [0.2, 0.25) is 0 Å². The van der Waals surface area contributed by atoms with Crippen molar-refractivity contribution in [2.75, 3.05) is 0 Å². The maximum Gasteiger partial charge on any atom is 0 e. The van der Waals surface area contributed by atoms with Crippen molar-refractivity contribution in [1.29, 1.82) is 0 Å². The van der Waals surface area contributed by atoms with Gasteiger partial charge in [-0.15, -0.1) is 6.42 Å². The second-order valence-corrected chi connectivity index (χ2v) is 3.95. The van der Waals surface area contributed by atoms with Gasteiger partial charge in [-0.05, 0) is 0 Å². The van der Waals surface area contributed by atoms with Crippen molar-refractivity contribution in [3.05, 3.63) is 47.6 Å². The SMILES string of the molecule is CCCCC1=CCC(C)=[C-]1.[C-]1=CC=CC1.[Hf]. The van der Waals surface area contributed by atoms with Crippen LogP contribution in [-0.4, -0.2) is 0 Å². The standard InChI is InChI=1S/C10H15.C5H5.Hf/c1-3-4-5-10-7-6-9(2)8-10;1-2-4-5-3-1;/h7H,3-6H2,1-2H3;1-3H,4H2;/q2*-1;. The molecule has 0 aromatic rings. The Balaban J connectivity index is 0.000000318. The van der Waals surface area contributed by atoms with Crippen LogP contribution in [0.15, 0.2) is 35.5 Å². The second kappa shape index (κ2) is 10.0. The molecule has 86 valence electrons. The molecular weight excluding hydrogens is 359 g/mol. The molecule has 0 bridgehead atoms. The summed E-state index contributed by atoms with van der Waals surface area (Å²) in [4.78, 5) is 0. The van der Waals surface area contributed by atoms with E-state index in [-0.39, 0.29) is 25.8 Å². The molecule has 0 unspecified atom stereocenters. The topological polar surface area (TPSA) is 0 Å². The van der Waals surface area contributed by atoms with Gasteiger partial charge in [-0.3, -0.25) is 6.08 Å². The van der Waals surface area contributed by atoms with Crippen LogP contribution in [0.2, 0.25) is 0 Å². The second-order valence-electron chi connectivity index (χ2n) is 3.95. The summed E-state index contributed by atoms with van der Waals surface area (Å²) in [6.45, 7) is 4.38. The average Bonchev–Trinajstić information content (AvgIpc) is 2.88. The van der Waals surface area contributed by atoms with Gasteiger partial charge in [-0.2, -0.15) is 11.6 Å². The van der Waals surface area contributed by atoms with E-state index in [1.54, 1.807) is 0 Å². The first-order chi connectivity index (χ1) is 7.33. The fraction of sp³-hybridized carbons (Fsp3) is 0.467. The average molecular weight is 379 g/mol. The zero-order chi connectivity index (χ0) is 10.9. The first kappa shape index (κ1) is 15.8. The number of hydrogen-bond donors (Lipinski definition) is 0. The summed E-state index contributed by atoms with van der Waals surface area (Å²) in [5, 5.41) is 0. The van der Waals surface area contributed by atoms with Crippen LogP contribution in [0, 0.1) is 12.2 Å². The van der Waals surface area contributed by atoms with Crippen LogP contribution in [0.1, 0.15) is 46.0 Å². The molecule has 0 radical (unpaired) electrons. The minimum absolute atomic E-state index is 0. The van der Waals surface area contributed by atoms with Gasteiger partial charge in [0.1, 0.15) is 0 Å². The van der Waals surface area contributed by atoms with E-state index in [0.29, 0.717) is 0 Å². The van der Waals surface area contributed by atoms with Crippen LogP contribution >= 0.6 is 0 Å². The Morgan fingerprint density at radius 3 is 2.56 bits per heavy atom. The number of rotatable bonds is 3. The maximum absolute atomic E-state index is 3.37. The molecule has 0 aromatic heterocycles. The van der Waals surface area contributed by atoms with E-state index in [2.05, 4.69) is 38.2 Å². The van der Waals surface area contributed by atoms with Gasteiger partial charge < -0.3 is 0 Å². The zero-order valence-electron chi connectivity index (χ0n) is 10.3. The Bertz CT molecular complexity index is 283. The molecule has 2 rings (SSSR count). The summed E-state index contributed by atoms with van der Waals surface area (Å²) < 4.78 is 0. The minimum atomic E-state index is 0. The molecule has 2 aliphatic carbocycles. The molecule has 0 saturated heterocycles. The van der Waals surface area contributed by atoms with E-state index in [0.717, 1.165) is 12.8 Å². The van der Waals surface area contributed by atoms with E-state index < -0.39 is 0 Å². The van der Waals surface area contributed by atoms with Crippen molar-refractivity contribution < 1.29 is 25.8 Å². The molecular formula is C15H20Hf-2. The molecule has 2 aliphatic rings. The normalized spacial score (nSPS) is 16.1. The minimum Gasteiger partial charge on any atom is -0.273 e. The van der Waals surface area contributed by atoms with Crippen molar-refractivity contribution >= 4 is 0 Å². The zero-order valence-corrected chi connectivity index (χ0v) is 13.9. The monoisotopic (exact) mass is 380 g/mol. The van der Waals surface area contributed by atoms with Crippen molar-refractivity contribution in [2.24, 2.45) is 0 Å². The van der Waals surface area contributed by atoms with Crippen LogP contribution in [0.5, 0.6) is 0 Å². The number of unbranched alkanes of at least 4 members (excludes halogenated alkanes) is 1. The van der Waals surface area contributed by atoms with E-state index in [4.69, 9.17) is 0 Å². The van der Waals surface area contributed by atoms with Gasteiger partial charge in [0.05, 0.1) is 0 Å². The van der Waals surface area contributed by atoms with Crippen molar-refractivity contribution in [3.63, 3.8) is 0 Å². The smallest absolute Gasteiger partial charge is 0 e. The number of hydrogen-bond acceptors (Lipinski definition) is 0. The third-order valence-corrected chi connectivity index (χ3v) is 2.41. The molecule has 0 aliphatic heterocycles. The number of allylic oxidation sites excluding steroid dienone is 8. The van der Waals surface area contributed by atoms with Crippen LogP contribution in [0.25, 0.3) is 0 Å². The van der Waals surface area contributed by atoms with Gasteiger partial charge >= 0.3 is 0 Å². The first-order valence-electron chi connectivity index (χ1n) is 5.83. The molecule has 1 heteroatoms. The predicted octanol–water partition coefficient (Wildman–Crippen LogP) is 4.56. The van der Waals surface area contributed by atoms with Gasteiger partial charge in [0.25, 0.3) is 0 Å². The Hall–Kier alpha value is -0.170. The van der Waals surface area contributed by atoms with Gasteiger partial charge in [-0.1, -0.05) is 39.5 Å². The van der Waals surface area contributed by atoms with Crippen LogP contribution in [0.3, 0.4) is 0 Å². The van der Waals surface area contributed by atoms with E-state index in [1.165, 1.54) is 30.4 Å². The fourth-order valence-electron chi connectivity index (χ4n) is 1.52. The molecule has 0 spiro atoms. The quantitative estimate of drug-likeness (QED) is 0.499. The molecule has 16 heavy (non-hydrogen) atoms. The van der Waals surface area contributed by atoms with Crippen molar-refractivity contribution in [1.82, 2.24) is 0 Å². The molecule has 0 saturated carbocycles. The van der Waals surface area contributed by atoms with Crippen LogP contribution in [-0.2, 0) is 25.8 Å². The molecule has 0 heterocycles. The Morgan fingerprint density at radius 1 is 1.38 bits per heavy atom. The molecule has 0 atom stereocenters. The largest absolute Gasteiger partial charge is 0.273 e. The van der Waals surface area contributed by atoms with Gasteiger partial charge in [0, 0.05) is 25.8 Å². The predicted molar refractivity (Wildman–Crippen MR) is 66.2 cm³/mol. The van der Waals surface area contributed by atoms with Gasteiger partial charge in [0.15, 0.2) is 0 Å². The Kier molecular flexibility index (Phi) is 9.91. The van der Waals surface area contributed by atoms with Gasteiger partial charge in [-0.25, -0.2) is 29.9 Å². The molecule has 0 amide bonds. The van der Waals surface area contributed by atoms with E-state index in [9.17, 15) is 0 Å². The van der Waals surface area contributed by atoms with E-state index in [1.807, 2.05) is 12.2 Å². The summed E-state index contributed by atoms with van der Waals surface area (Å²) in [5.41, 5.74) is 2.82. The Labute approximate surface area is 119 Å². The summed E-state index contributed by atoms with van der Waals surface area (Å²) in [6, 6.07) is 0. The Morgan fingerprint density at radius 2 is 2.19 bits per heavy atom. The molecule has 0 nitrogen and oxygen atoms in total. The van der Waals surface area contributed by atoms with Crippen molar-refractivity contribution in [2.45, 2.75) is 46.0 Å². The van der Waals surface area contributed by atoms with Crippen LogP contribution < -0.4 is 0 Å². The molecule has 0 N–H and O–H groups in total.